The lowest BCUT2D eigenvalue weighted by molar-refractivity contribution is 0.229. The van der Waals surface area contributed by atoms with Crippen LogP contribution in [0, 0.1) is 6.92 Å². The quantitative estimate of drug-likeness (QED) is 0.853. The number of aromatic nitrogens is 2. The molecule has 0 aliphatic heterocycles. The molecule has 2 heterocycles. The van der Waals surface area contributed by atoms with Crippen molar-refractivity contribution in [3.8, 4) is 11.5 Å². The van der Waals surface area contributed by atoms with E-state index < -0.39 is 15.6 Å². The largest absolute Gasteiger partial charge is 0.448 e. The van der Waals surface area contributed by atoms with Gasteiger partial charge in [-0.05, 0) is 33.2 Å². The molecule has 8 nitrogen and oxygen atoms in total. The van der Waals surface area contributed by atoms with Crippen LogP contribution in [0.3, 0.4) is 0 Å². The number of halogens is 1. The summed E-state index contributed by atoms with van der Waals surface area (Å²) in [4.78, 5) is 4.28. The Kier molecular flexibility index (Phi) is 4.35. The number of nitrogens with two attached hydrogens (primary N) is 1. The van der Waals surface area contributed by atoms with Gasteiger partial charge < -0.3 is 14.7 Å². The fraction of sp³-hybridized carbons (Fsp3) is 0.500. The van der Waals surface area contributed by atoms with E-state index in [4.69, 9.17) is 14.7 Å². The van der Waals surface area contributed by atoms with Crippen molar-refractivity contribution in [1.82, 2.24) is 14.9 Å². The van der Waals surface area contributed by atoms with Gasteiger partial charge in [-0.25, -0.2) is 13.1 Å². The number of rotatable bonds is 4. The third-order valence-corrected chi connectivity index (χ3v) is 5.04. The molecule has 122 valence electrons. The van der Waals surface area contributed by atoms with Gasteiger partial charge in [0.05, 0.1) is 11.1 Å². The highest BCUT2D eigenvalue weighted by Gasteiger charge is 2.39. The zero-order chi connectivity index (χ0) is 15.3. The summed E-state index contributed by atoms with van der Waals surface area (Å²) in [5.74, 6) is 1.04. The standard InChI is InChI=1S/C12H16N4O4S.ClH/c1-7-8(6-9(19-7)21(17,18)14-2)10-15-11(16-20-10)12(13)4-3-5-12;/h6,14H,3-5,13H2,1-2H3;1H. The van der Waals surface area contributed by atoms with E-state index in [0.29, 0.717) is 17.1 Å². The van der Waals surface area contributed by atoms with Crippen molar-refractivity contribution in [1.29, 1.82) is 0 Å². The molecule has 0 bridgehead atoms. The number of nitrogens with one attached hydrogen (secondary N) is 1. The normalized spacial score (nSPS) is 16.9. The van der Waals surface area contributed by atoms with Crippen LogP contribution in [0.25, 0.3) is 11.5 Å². The van der Waals surface area contributed by atoms with Crippen LogP contribution in [0.15, 0.2) is 20.1 Å². The molecule has 10 heteroatoms. The molecule has 2 aromatic rings. The van der Waals surface area contributed by atoms with Crippen LogP contribution in [-0.4, -0.2) is 25.6 Å². The van der Waals surface area contributed by atoms with Crippen LogP contribution in [0.2, 0.25) is 0 Å². The fourth-order valence-electron chi connectivity index (χ4n) is 2.22. The van der Waals surface area contributed by atoms with Gasteiger partial charge in [0.2, 0.25) is 5.09 Å². The molecule has 0 amide bonds. The van der Waals surface area contributed by atoms with Crippen molar-refractivity contribution in [2.75, 3.05) is 7.05 Å². The predicted molar refractivity (Wildman–Crippen MR) is 79.9 cm³/mol. The molecule has 22 heavy (non-hydrogen) atoms. The summed E-state index contributed by atoms with van der Waals surface area (Å²) in [6, 6.07) is 1.36. The van der Waals surface area contributed by atoms with E-state index in [2.05, 4.69) is 14.9 Å². The Morgan fingerprint density at radius 1 is 1.41 bits per heavy atom. The van der Waals surface area contributed by atoms with Crippen molar-refractivity contribution < 1.29 is 17.4 Å². The topological polar surface area (TPSA) is 124 Å². The zero-order valence-electron chi connectivity index (χ0n) is 12.1. The molecule has 1 fully saturated rings. The SMILES string of the molecule is CNS(=O)(=O)c1cc(-c2nc(C3(N)CCC3)no2)c(C)o1.Cl. The summed E-state index contributed by atoms with van der Waals surface area (Å²) in [7, 11) is -2.34. The summed E-state index contributed by atoms with van der Waals surface area (Å²) in [5, 5.41) is 3.71. The second kappa shape index (κ2) is 5.65. The molecule has 0 spiro atoms. The first kappa shape index (κ1) is 16.9. The summed E-state index contributed by atoms with van der Waals surface area (Å²) in [6.07, 6.45) is 2.67. The first-order chi connectivity index (χ1) is 9.86. The van der Waals surface area contributed by atoms with Crippen LogP contribution in [0.5, 0.6) is 0 Å². The number of furan rings is 1. The van der Waals surface area contributed by atoms with E-state index in [1.54, 1.807) is 6.92 Å². The van der Waals surface area contributed by atoms with Gasteiger partial charge in [0.25, 0.3) is 15.9 Å². The van der Waals surface area contributed by atoms with Gasteiger partial charge in [-0.2, -0.15) is 4.98 Å². The molecule has 0 saturated heterocycles. The molecule has 1 aliphatic carbocycles. The third-order valence-electron chi connectivity index (χ3n) is 3.78. The van der Waals surface area contributed by atoms with Crippen LogP contribution in [-0.2, 0) is 15.6 Å². The van der Waals surface area contributed by atoms with E-state index in [0.717, 1.165) is 19.3 Å². The van der Waals surface area contributed by atoms with Gasteiger partial charge >= 0.3 is 0 Å². The minimum absolute atomic E-state index is 0. The van der Waals surface area contributed by atoms with Gasteiger partial charge in [-0.1, -0.05) is 5.16 Å². The second-order valence-electron chi connectivity index (χ2n) is 5.18. The van der Waals surface area contributed by atoms with Gasteiger partial charge in [-0.15, -0.1) is 12.4 Å². The van der Waals surface area contributed by atoms with Gasteiger partial charge in [0.1, 0.15) is 5.76 Å². The lowest BCUT2D eigenvalue weighted by atomic mass is 9.77. The van der Waals surface area contributed by atoms with E-state index in [1.807, 2.05) is 0 Å². The van der Waals surface area contributed by atoms with E-state index in [1.165, 1.54) is 13.1 Å². The highest BCUT2D eigenvalue weighted by atomic mass is 35.5. The lowest BCUT2D eigenvalue weighted by Crippen LogP contribution is -2.44. The van der Waals surface area contributed by atoms with Crippen LogP contribution in [0.1, 0.15) is 30.8 Å². The van der Waals surface area contributed by atoms with Crippen molar-refractivity contribution in [2.24, 2.45) is 5.73 Å². The van der Waals surface area contributed by atoms with Crippen LogP contribution < -0.4 is 10.5 Å². The Morgan fingerprint density at radius 3 is 2.64 bits per heavy atom. The van der Waals surface area contributed by atoms with E-state index in [9.17, 15) is 8.42 Å². The minimum atomic E-state index is -3.65. The Labute approximate surface area is 133 Å². The van der Waals surface area contributed by atoms with Crippen molar-refractivity contribution in [2.45, 2.75) is 36.8 Å². The average Bonchev–Trinajstić information content (AvgIpc) is 3.02. The van der Waals surface area contributed by atoms with Gasteiger partial charge in [0.15, 0.2) is 5.82 Å². The first-order valence-electron chi connectivity index (χ1n) is 6.53. The Bertz CT molecular complexity index is 779. The molecule has 2 aromatic heterocycles. The molecule has 3 N–H and O–H groups in total. The third kappa shape index (κ3) is 2.65. The maximum atomic E-state index is 11.7. The monoisotopic (exact) mass is 348 g/mol. The average molecular weight is 349 g/mol. The minimum Gasteiger partial charge on any atom is -0.448 e. The molecular formula is C12H17ClN4O4S. The number of hydrogen-bond acceptors (Lipinski definition) is 7. The van der Waals surface area contributed by atoms with Crippen molar-refractivity contribution >= 4 is 22.4 Å². The highest BCUT2D eigenvalue weighted by Crippen LogP contribution is 2.38. The predicted octanol–water partition coefficient (Wildman–Crippen LogP) is 1.31. The fourth-order valence-corrected chi connectivity index (χ4v) is 2.93. The first-order valence-corrected chi connectivity index (χ1v) is 8.01. The van der Waals surface area contributed by atoms with Crippen molar-refractivity contribution in [3.05, 3.63) is 17.7 Å². The van der Waals surface area contributed by atoms with E-state index in [-0.39, 0.29) is 23.4 Å². The number of hydrogen-bond donors (Lipinski definition) is 2. The molecule has 0 unspecified atom stereocenters. The Morgan fingerprint density at radius 2 is 2.09 bits per heavy atom. The summed E-state index contributed by atoms with van der Waals surface area (Å²) in [6.45, 7) is 1.63. The van der Waals surface area contributed by atoms with E-state index >= 15 is 0 Å². The molecule has 1 saturated carbocycles. The van der Waals surface area contributed by atoms with Crippen molar-refractivity contribution in [3.63, 3.8) is 0 Å². The number of sulfonamides is 1. The Balaban J connectivity index is 0.00000176. The van der Waals surface area contributed by atoms with Gasteiger partial charge in [0, 0.05) is 6.07 Å². The molecule has 1 aliphatic rings. The molecule has 3 rings (SSSR count). The molecule has 0 atom stereocenters. The zero-order valence-corrected chi connectivity index (χ0v) is 13.8. The van der Waals surface area contributed by atoms with Crippen LogP contribution >= 0.6 is 12.4 Å². The lowest BCUT2D eigenvalue weighted by Gasteiger charge is -2.34. The summed E-state index contributed by atoms with van der Waals surface area (Å²) in [5.41, 5.74) is 6.06. The molecular weight excluding hydrogens is 332 g/mol. The van der Waals surface area contributed by atoms with Crippen LogP contribution in [0.4, 0.5) is 0 Å². The summed E-state index contributed by atoms with van der Waals surface area (Å²) >= 11 is 0. The second-order valence-corrected chi connectivity index (χ2v) is 6.99. The smallest absolute Gasteiger partial charge is 0.273 e. The van der Waals surface area contributed by atoms with Gasteiger partial charge in [-0.3, -0.25) is 0 Å². The number of aryl methyl sites for hydroxylation is 1. The Hall–Kier alpha value is -1.42. The maximum absolute atomic E-state index is 11.7. The molecule has 0 radical (unpaired) electrons. The number of nitrogens with zero attached hydrogens (tertiary/aromatic N) is 2. The maximum Gasteiger partial charge on any atom is 0.273 e. The summed E-state index contributed by atoms with van der Waals surface area (Å²) < 4.78 is 36.1. The molecule has 0 aromatic carbocycles. The highest BCUT2D eigenvalue weighted by molar-refractivity contribution is 7.89.